The zero-order chi connectivity index (χ0) is 16.0. The monoisotopic (exact) mass is 293 g/mol. The van der Waals surface area contributed by atoms with Crippen LogP contribution in [-0.4, -0.2) is 41.0 Å². The molecule has 21 heavy (non-hydrogen) atoms. The summed E-state index contributed by atoms with van der Waals surface area (Å²) in [6.45, 7) is 2.69. The number of hydrogen-bond donors (Lipinski definition) is 3. The van der Waals surface area contributed by atoms with Crippen LogP contribution in [0.3, 0.4) is 0 Å². The number of carboxylic acids is 1. The van der Waals surface area contributed by atoms with Gasteiger partial charge in [-0.25, -0.2) is 4.79 Å². The van der Waals surface area contributed by atoms with Crippen LogP contribution in [0.1, 0.15) is 24.1 Å². The van der Waals surface area contributed by atoms with E-state index in [0.717, 1.165) is 16.0 Å². The molecule has 1 atom stereocenters. The van der Waals surface area contributed by atoms with Crippen LogP contribution in [0, 0.1) is 6.92 Å². The molecule has 7 nitrogen and oxygen atoms in total. The fraction of sp³-hybridized carbons (Fsp3) is 0.357. The van der Waals surface area contributed by atoms with Gasteiger partial charge in [-0.2, -0.15) is 0 Å². The Labute approximate surface area is 122 Å². The average Bonchev–Trinajstić information content (AvgIpc) is 2.37. The number of carbonyl (C=O) groups is 3. The molecule has 0 aromatic heterocycles. The Morgan fingerprint density at radius 1 is 1.24 bits per heavy atom. The van der Waals surface area contributed by atoms with Gasteiger partial charge < -0.3 is 21.1 Å². The van der Waals surface area contributed by atoms with Crippen LogP contribution in [0.5, 0.6) is 0 Å². The minimum Gasteiger partial charge on any atom is -0.480 e. The van der Waals surface area contributed by atoms with Gasteiger partial charge in [-0.1, -0.05) is 29.8 Å². The van der Waals surface area contributed by atoms with Crippen LogP contribution in [0.15, 0.2) is 24.3 Å². The van der Waals surface area contributed by atoms with Gasteiger partial charge in [0.05, 0.1) is 6.04 Å². The minimum absolute atomic E-state index is 0.317. The van der Waals surface area contributed by atoms with Crippen molar-refractivity contribution in [1.29, 1.82) is 0 Å². The smallest absolute Gasteiger partial charge is 0.323 e. The maximum atomic E-state index is 12.0. The van der Waals surface area contributed by atoms with Crippen molar-refractivity contribution in [3.8, 4) is 0 Å². The highest BCUT2D eigenvalue weighted by Crippen LogP contribution is 2.13. The fourth-order valence-electron chi connectivity index (χ4n) is 1.77. The van der Waals surface area contributed by atoms with E-state index in [0.29, 0.717) is 0 Å². The Bertz CT molecular complexity index is 512. The Morgan fingerprint density at radius 3 is 2.29 bits per heavy atom. The highest BCUT2D eigenvalue weighted by Gasteiger charge is 2.20. The van der Waals surface area contributed by atoms with E-state index in [1.807, 2.05) is 31.2 Å². The molecule has 0 bridgehead atoms. The van der Waals surface area contributed by atoms with Crippen molar-refractivity contribution in [2.45, 2.75) is 19.9 Å². The number of nitrogens with two attached hydrogens (primary N) is 1. The Balaban J connectivity index is 2.73. The van der Waals surface area contributed by atoms with Crippen molar-refractivity contribution >= 4 is 17.9 Å². The van der Waals surface area contributed by atoms with E-state index in [-0.39, 0.29) is 6.04 Å². The number of hydrogen-bond acceptors (Lipinski definition) is 3. The lowest BCUT2D eigenvalue weighted by molar-refractivity contribution is -0.137. The number of aliphatic carboxylic acids is 1. The molecular formula is C14H19N3O4. The molecule has 0 saturated heterocycles. The molecule has 0 aliphatic carbocycles. The van der Waals surface area contributed by atoms with E-state index in [4.69, 9.17) is 10.8 Å². The summed E-state index contributed by atoms with van der Waals surface area (Å²) in [5, 5.41) is 11.4. The molecule has 7 heteroatoms. The third-order valence-corrected chi connectivity index (χ3v) is 2.88. The molecule has 1 rings (SSSR count). The first kappa shape index (κ1) is 16.5. The summed E-state index contributed by atoms with van der Waals surface area (Å²) in [4.78, 5) is 34.5. The van der Waals surface area contributed by atoms with E-state index < -0.39 is 31.0 Å². The highest BCUT2D eigenvalue weighted by molar-refractivity contribution is 5.86. The van der Waals surface area contributed by atoms with Gasteiger partial charge in [0.2, 0.25) is 5.91 Å². The molecular weight excluding hydrogens is 274 g/mol. The normalized spacial score (nSPS) is 11.5. The topological polar surface area (TPSA) is 113 Å². The Morgan fingerprint density at radius 2 is 1.81 bits per heavy atom. The van der Waals surface area contributed by atoms with Crippen LogP contribution in [0.2, 0.25) is 0 Å². The van der Waals surface area contributed by atoms with Gasteiger partial charge in [-0.15, -0.1) is 0 Å². The molecule has 0 aliphatic heterocycles. The number of urea groups is 1. The molecule has 0 radical (unpaired) electrons. The van der Waals surface area contributed by atoms with E-state index in [9.17, 15) is 14.4 Å². The lowest BCUT2D eigenvalue weighted by atomic mass is 10.1. The SMILES string of the molecule is Cc1ccc(C(C)NC(=O)N(CC(N)=O)CC(=O)O)cc1. The fourth-order valence-corrected chi connectivity index (χ4v) is 1.77. The largest absolute Gasteiger partial charge is 0.480 e. The molecule has 0 spiro atoms. The number of rotatable bonds is 6. The van der Waals surface area contributed by atoms with Crippen LogP contribution >= 0.6 is 0 Å². The van der Waals surface area contributed by atoms with Gasteiger partial charge in [-0.3, -0.25) is 9.59 Å². The van der Waals surface area contributed by atoms with Crippen molar-refractivity contribution in [3.63, 3.8) is 0 Å². The number of nitrogens with one attached hydrogen (secondary N) is 1. The summed E-state index contributed by atoms with van der Waals surface area (Å²) in [6, 6.07) is 6.60. The Kier molecular flexibility index (Phi) is 5.71. The molecule has 4 N–H and O–H groups in total. The second kappa shape index (κ2) is 7.28. The van der Waals surface area contributed by atoms with Crippen LogP contribution in [-0.2, 0) is 9.59 Å². The number of nitrogens with zero attached hydrogens (tertiary/aromatic N) is 1. The van der Waals surface area contributed by atoms with Crippen molar-refractivity contribution in [2.24, 2.45) is 5.73 Å². The summed E-state index contributed by atoms with van der Waals surface area (Å²) in [7, 11) is 0. The lowest BCUT2D eigenvalue weighted by Gasteiger charge is -2.22. The van der Waals surface area contributed by atoms with Gasteiger partial charge in [0.25, 0.3) is 0 Å². The first-order chi connectivity index (χ1) is 9.79. The van der Waals surface area contributed by atoms with Crippen molar-refractivity contribution in [2.75, 3.05) is 13.1 Å². The second-order valence-electron chi connectivity index (χ2n) is 4.80. The van der Waals surface area contributed by atoms with Crippen molar-refractivity contribution < 1.29 is 19.5 Å². The zero-order valence-corrected chi connectivity index (χ0v) is 12.0. The maximum absolute atomic E-state index is 12.0. The highest BCUT2D eigenvalue weighted by atomic mass is 16.4. The van der Waals surface area contributed by atoms with Crippen molar-refractivity contribution in [1.82, 2.24) is 10.2 Å². The quantitative estimate of drug-likeness (QED) is 0.714. The van der Waals surface area contributed by atoms with E-state index in [2.05, 4.69) is 5.32 Å². The standard InChI is InChI=1S/C14H19N3O4/c1-9-3-5-11(6-4-9)10(2)16-14(21)17(7-12(15)18)8-13(19)20/h3-6,10H,7-8H2,1-2H3,(H2,15,18)(H,16,21)(H,19,20). The molecule has 1 aromatic carbocycles. The number of benzene rings is 1. The Hall–Kier alpha value is -2.57. The molecule has 3 amide bonds. The number of primary amides is 1. The first-order valence-electron chi connectivity index (χ1n) is 6.41. The van der Waals surface area contributed by atoms with Gasteiger partial charge in [-0.05, 0) is 19.4 Å². The number of aryl methyl sites for hydroxylation is 1. The minimum atomic E-state index is -1.21. The van der Waals surface area contributed by atoms with Gasteiger partial charge in [0.15, 0.2) is 0 Å². The third-order valence-electron chi connectivity index (χ3n) is 2.88. The maximum Gasteiger partial charge on any atom is 0.323 e. The first-order valence-corrected chi connectivity index (χ1v) is 6.41. The van der Waals surface area contributed by atoms with Crippen LogP contribution in [0.25, 0.3) is 0 Å². The van der Waals surface area contributed by atoms with Gasteiger partial charge in [0, 0.05) is 0 Å². The van der Waals surface area contributed by atoms with Crippen molar-refractivity contribution in [3.05, 3.63) is 35.4 Å². The molecule has 0 heterocycles. The van der Waals surface area contributed by atoms with Gasteiger partial charge >= 0.3 is 12.0 Å². The zero-order valence-electron chi connectivity index (χ0n) is 12.0. The van der Waals surface area contributed by atoms with E-state index in [1.165, 1.54) is 0 Å². The summed E-state index contributed by atoms with van der Waals surface area (Å²) in [6.07, 6.45) is 0. The van der Waals surface area contributed by atoms with Crippen LogP contribution in [0.4, 0.5) is 4.79 Å². The second-order valence-corrected chi connectivity index (χ2v) is 4.80. The molecule has 114 valence electrons. The van der Waals surface area contributed by atoms with E-state index >= 15 is 0 Å². The predicted molar refractivity (Wildman–Crippen MR) is 76.5 cm³/mol. The summed E-state index contributed by atoms with van der Waals surface area (Å²) in [5.41, 5.74) is 6.99. The summed E-state index contributed by atoms with van der Waals surface area (Å²) in [5.74, 6) is -1.98. The number of amides is 3. The number of carbonyl (C=O) groups excluding carboxylic acids is 2. The predicted octanol–water partition coefficient (Wildman–Crippen LogP) is 0.638. The van der Waals surface area contributed by atoms with Gasteiger partial charge in [0.1, 0.15) is 13.1 Å². The van der Waals surface area contributed by atoms with Crippen LogP contribution < -0.4 is 11.1 Å². The average molecular weight is 293 g/mol. The molecule has 0 aliphatic rings. The summed E-state index contributed by atoms with van der Waals surface area (Å²) >= 11 is 0. The lowest BCUT2D eigenvalue weighted by Crippen LogP contribution is -2.47. The molecule has 0 fully saturated rings. The van der Waals surface area contributed by atoms with E-state index in [1.54, 1.807) is 6.92 Å². The summed E-state index contributed by atoms with van der Waals surface area (Å²) < 4.78 is 0. The number of carboxylic acid groups (broad SMARTS) is 1. The third kappa shape index (κ3) is 5.52. The molecule has 1 unspecified atom stereocenters. The molecule has 0 saturated carbocycles. The molecule has 1 aromatic rings.